The van der Waals surface area contributed by atoms with Gasteiger partial charge in [-0.05, 0) is 36.2 Å². The molecule has 3 nitrogen and oxygen atoms in total. The summed E-state index contributed by atoms with van der Waals surface area (Å²) in [5.74, 6) is -3.29. The molecule has 3 rings (SSSR count). The lowest BCUT2D eigenvalue weighted by Crippen LogP contribution is -2.42. The largest absolute Gasteiger partial charge is 0.416 e. The Morgan fingerprint density at radius 2 is 1.96 bits per heavy atom. The van der Waals surface area contributed by atoms with Gasteiger partial charge in [0.1, 0.15) is 0 Å². The summed E-state index contributed by atoms with van der Waals surface area (Å²) < 4.78 is 66.9. The van der Waals surface area contributed by atoms with E-state index >= 15 is 0 Å². The minimum atomic E-state index is -4.59. The van der Waals surface area contributed by atoms with Crippen LogP contribution in [0.3, 0.4) is 0 Å². The number of carbonyl (C=O) groups is 1. The fraction of sp³-hybridized carbons (Fsp3) is 0.562. The highest BCUT2D eigenvalue weighted by molar-refractivity contribution is 5.98. The smallest absolute Gasteiger partial charge is 0.337 e. The number of rotatable bonds is 2. The van der Waals surface area contributed by atoms with E-state index in [4.69, 9.17) is 0 Å². The van der Waals surface area contributed by atoms with E-state index in [1.54, 1.807) is 0 Å². The summed E-state index contributed by atoms with van der Waals surface area (Å²) in [6, 6.07) is 2.39. The number of amides is 1. The lowest BCUT2D eigenvalue weighted by molar-refractivity contribution is -0.138. The van der Waals surface area contributed by atoms with Crippen LogP contribution in [0.5, 0.6) is 0 Å². The third-order valence-corrected chi connectivity index (χ3v) is 4.47. The molecule has 132 valence electrons. The molecule has 1 amide bonds. The molecule has 0 spiro atoms. The predicted octanol–water partition coefficient (Wildman–Crippen LogP) is 3.52. The highest BCUT2D eigenvalue weighted by Crippen LogP contribution is 2.38. The molecule has 2 aliphatic heterocycles. The highest BCUT2D eigenvalue weighted by atomic mass is 19.4. The molecule has 2 heterocycles. The molecular weight excluding hydrogens is 331 g/mol. The summed E-state index contributed by atoms with van der Waals surface area (Å²) in [6.07, 6.45) is -4.49. The molecule has 0 saturated carbocycles. The second kappa shape index (κ2) is 5.68. The maximum absolute atomic E-state index is 13.5. The number of hydrogen-bond acceptors (Lipinski definition) is 2. The Bertz CT molecular complexity index is 671. The Kier molecular flexibility index (Phi) is 4.06. The van der Waals surface area contributed by atoms with Crippen molar-refractivity contribution in [3.63, 3.8) is 0 Å². The van der Waals surface area contributed by atoms with Crippen molar-refractivity contribution >= 4 is 5.91 Å². The fourth-order valence-corrected chi connectivity index (χ4v) is 3.39. The molecule has 0 atom stereocenters. The van der Waals surface area contributed by atoms with Crippen molar-refractivity contribution in [2.45, 2.75) is 38.0 Å². The van der Waals surface area contributed by atoms with Crippen molar-refractivity contribution in [2.24, 2.45) is 0 Å². The molecule has 1 fully saturated rings. The first-order valence-electron chi connectivity index (χ1n) is 7.65. The Morgan fingerprint density at radius 1 is 1.25 bits per heavy atom. The molecule has 1 saturated heterocycles. The molecule has 0 radical (unpaired) electrons. The normalized spacial score (nSPS) is 21.2. The Hall–Kier alpha value is -1.70. The lowest BCUT2D eigenvalue weighted by Gasteiger charge is -2.32. The summed E-state index contributed by atoms with van der Waals surface area (Å²) in [5, 5.41) is 0. The number of carbonyl (C=O) groups excluding carboxylic acids is 1. The molecule has 0 bridgehead atoms. The molecular formula is C16H17F5N2O. The number of nitrogens with zero attached hydrogens (tertiary/aromatic N) is 2. The summed E-state index contributed by atoms with van der Waals surface area (Å²) >= 11 is 0. The first-order chi connectivity index (χ1) is 11.1. The quantitative estimate of drug-likeness (QED) is 0.764. The number of alkyl halides is 5. The van der Waals surface area contributed by atoms with Gasteiger partial charge in [0.15, 0.2) is 0 Å². The van der Waals surface area contributed by atoms with Crippen LogP contribution in [-0.2, 0) is 19.3 Å². The number of hydrogen-bond donors (Lipinski definition) is 0. The van der Waals surface area contributed by atoms with Crippen molar-refractivity contribution in [3.05, 3.63) is 34.4 Å². The number of likely N-dealkylation sites (tertiary alicyclic amines) is 1. The van der Waals surface area contributed by atoms with Gasteiger partial charge >= 0.3 is 6.18 Å². The number of fused-ring (bicyclic) bond motifs is 1. The van der Waals surface area contributed by atoms with Crippen LogP contribution in [-0.4, -0.2) is 41.8 Å². The van der Waals surface area contributed by atoms with Crippen molar-refractivity contribution < 1.29 is 26.7 Å². The van der Waals surface area contributed by atoms with E-state index in [-0.39, 0.29) is 36.2 Å². The average Bonchev–Trinajstić information content (AvgIpc) is 2.72. The number of piperidine rings is 1. The molecule has 8 heteroatoms. The van der Waals surface area contributed by atoms with Gasteiger partial charge in [-0.15, -0.1) is 0 Å². The Morgan fingerprint density at radius 3 is 2.58 bits per heavy atom. The van der Waals surface area contributed by atoms with Crippen LogP contribution >= 0.6 is 0 Å². The predicted molar refractivity (Wildman–Crippen MR) is 76.7 cm³/mol. The van der Waals surface area contributed by atoms with Crippen LogP contribution < -0.4 is 0 Å². The van der Waals surface area contributed by atoms with Gasteiger partial charge in [-0.2, -0.15) is 13.2 Å². The molecule has 0 unspecified atom stereocenters. The van der Waals surface area contributed by atoms with E-state index in [1.807, 2.05) is 0 Å². The maximum atomic E-state index is 13.5. The summed E-state index contributed by atoms with van der Waals surface area (Å²) in [4.78, 5) is 14.7. The number of benzene rings is 1. The van der Waals surface area contributed by atoms with Crippen LogP contribution in [0.1, 0.15) is 39.9 Å². The third kappa shape index (κ3) is 3.24. The van der Waals surface area contributed by atoms with E-state index < -0.39 is 30.1 Å². The zero-order valence-corrected chi connectivity index (χ0v) is 13.1. The van der Waals surface area contributed by atoms with E-state index in [1.165, 1.54) is 22.9 Å². The van der Waals surface area contributed by atoms with Crippen LogP contribution in [0.15, 0.2) is 12.1 Å². The van der Waals surface area contributed by atoms with Gasteiger partial charge in [0.05, 0.1) is 12.1 Å². The SMILES string of the molecule is CN1Cc2c(cc(CN3CCCC(F)(F)C3)cc2C(F)(F)F)C1=O. The van der Waals surface area contributed by atoms with Crippen molar-refractivity contribution in [2.75, 3.05) is 20.1 Å². The maximum Gasteiger partial charge on any atom is 0.416 e. The van der Waals surface area contributed by atoms with Gasteiger partial charge in [0.2, 0.25) is 0 Å². The lowest BCUT2D eigenvalue weighted by atomic mass is 9.98. The van der Waals surface area contributed by atoms with Gasteiger partial charge in [-0.1, -0.05) is 0 Å². The minimum absolute atomic E-state index is 0.0195. The van der Waals surface area contributed by atoms with Crippen molar-refractivity contribution in [1.29, 1.82) is 0 Å². The van der Waals surface area contributed by atoms with E-state index in [0.717, 1.165) is 6.07 Å². The zero-order valence-electron chi connectivity index (χ0n) is 13.1. The second-order valence-corrected chi connectivity index (χ2v) is 6.50. The van der Waals surface area contributed by atoms with Gasteiger partial charge in [-0.25, -0.2) is 8.78 Å². The van der Waals surface area contributed by atoms with Crippen LogP contribution in [0.4, 0.5) is 22.0 Å². The summed E-state index contributed by atoms with van der Waals surface area (Å²) in [6.45, 7) is -0.185. The third-order valence-electron chi connectivity index (χ3n) is 4.47. The molecule has 0 N–H and O–H groups in total. The first-order valence-corrected chi connectivity index (χ1v) is 7.65. The molecule has 1 aromatic rings. The molecule has 0 aromatic heterocycles. The van der Waals surface area contributed by atoms with Gasteiger partial charge in [0.25, 0.3) is 11.8 Å². The molecule has 2 aliphatic rings. The molecule has 1 aromatic carbocycles. The topological polar surface area (TPSA) is 23.6 Å². The standard InChI is InChI=1S/C16H17F5N2O/c1-22-8-12-11(14(22)24)5-10(6-13(12)16(19,20)21)7-23-4-2-3-15(17,18)9-23/h5-6H,2-4,7-9H2,1H3. The van der Waals surface area contributed by atoms with Crippen molar-refractivity contribution in [3.8, 4) is 0 Å². The minimum Gasteiger partial charge on any atom is -0.337 e. The Balaban J connectivity index is 1.94. The van der Waals surface area contributed by atoms with Crippen LogP contribution in [0.25, 0.3) is 0 Å². The van der Waals surface area contributed by atoms with E-state index in [0.29, 0.717) is 13.0 Å². The van der Waals surface area contributed by atoms with E-state index in [9.17, 15) is 26.7 Å². The summed E-state index contributed by atoms with van der Waals surface area (Å²) in [7, 11) is 1.44. The van der Waals surface area contributed by atoms with Gasteiger partial charge < -0.3 is 4.90 Å². The number of halogens is 5. The van der Waals surface area contributed by atoms with Crippen molar-refractivity contribution in [1.82, 2.24) is 9.80 Å². The Labute approximate surface area is 136 Å². The summed E-state index contributed by atoms with van der Waals surface area (Å²) in [5.41, 5.74) is -0.632. The fourth-order valence-electron chi connectivity index (χ4n) is 3.39. The van der Waals surface area contributed by atoms with Gasteiger partial charge in [0, 0.05) is 32.1 Å². The second-order valence-electron chi connectivity index (χ2n) is 6.50. The molecule has 24 heavy (non-hydrogen) atoms. The molecule has 0 aliphatic carbocycles. The average molecular weight is 348 g/mol. The zero-order chi connectivity index (χ0) is 17.7. The first kappa shape index (κ1) is 17.1. The monoisotopic (exact) mass is 348 g/mol. The van der Waals surface area contributed by atoms with E-state index in [2.05, 4.69) is 0 Å². The van der Waals surface area contributed by atoms with Crippen LogP contribution in [0.2, 0.25) is 0 Å². The van der Waals surface area contributed by atoms with Crippen LogP contribution in [0, 0.1) is 0 Å². The highest BCUT2D eigenvalue weighted by Gasteiger charge is 2.40. The van der Waals surface area contributed by atoms with Gasteiger partial charge in [-0.3, -0.25) is 9.69 Å².